The second-order valence-corrected chi connectivity index (χ2v) is 6.37. The van der Waals surface area contributed by atoms with Crippen LogP contribution in [0, 0.1) is 12.3 Å². The highest BCUT2D eigenvalue weighted by Crippen LogP contribution is 2.37. The molecule has 3 heterocycles. The molecule has 0 spiro atoms. The number of nitrogens with one attached hydrogen (secondary N) is 1. The van der Waals surface area contributed by atoms with Crippen molar-refractivity contribution in [2.75, 3.05) is 19.6 Å². The van der Waals surface area contributed by atoms with Gasteiger partial charge in [0.05, 0.1) is 17.2 Å². The Balaban J connectivity index is 1.79. The number of rotatable bonds is 2. The van der Waals surface area contributed by atoms with E-state index in [0.717, 1.165) is 56.8 Å². The van der Waals surface area contributed by atoms with Gasteiger partial charge in [0.2, 0.25) is 5.91 Å². The molecule has 2 saturated heterocycles. The van der Waals surface area contributed by atoms with E-state index in [1.54, 1.807) is 0 Å². The van der Waals surface area contributed by atoms with E-state index in [0.29, 0.717) is 0 Å². The standard InChI is InChI=1S/C15H23N3O2/c1-11-9-13(20-17-11)12-5-3-8-18(12)14(19)15(2)6-4-7-16-10-15/h9,12,16H,3-8,10H2,1-2H3. The molecule has 3 rings (SSSR count). The Bertz CT molecular complexity index is 491. The number of hydrogen-bond donors (Lipinski definition) is 1. The summed E-state index contributed by atoms with van der Waals surface area (Å²) >= 11 is 0. The number of nitrogens with zero attached hydrogens (tertiary/aromatic N) is 2. The number of aryl methyl sites for hydroxylation is 1. The van der Waals surface area contributed by atoms with Crippen LogP contribution in [-0.4, -0.2) is 35.6 Å². The third-order valence-electron chi connectivity index (χ3n) is 4.60. The van der Waals surface area contributed by atoms with Crippen molar-refractivity contribution in [2.45, 2.75) is 45.6 Å². The van der Waals surface area contributed by atoms with Gasteiger partial charge in [0, 0.05) is 19.2 Å². The Morgan fingerprint density at radius 3 is 3.05 bits per heavy atom. The van der Waals surface area contributed by atoms with Gasteiger partial charge in [0.1, 0.15) is 0 Å². The van der Waals surface area contributed by atoms with Crippen LogP contribution >= 0.6 is 0 Å². The first kappa shape index (κ1) is 13.6. The average molecular weight is 277 g/mol. The van der Waals surface area contributed by atoms with Crippen LogP contribution in [0.15, 0.2) is 10.6 Å². The molecule has 2 unspecified atom stereocenters. The molecule has 2 aliphatic rings. The SMILES string of the molecule is Cc1cc(C2CCCN2C(=O)C2(C)CCCNC2)on1. The molecule has 110 valence electrons. The summed E-state index contributed by atoms with van der Waals surface area (Å²) in [5.74, 6) is 1.10. The third-order valence-corrected chi connectivity index (χ3v) is 4.60. The van der Waals surface area contributed by atoms with E-state index < -0.39 is 0 Å². The Hall–Kier alpha value is -1.36. The fourth-order valence-electron chi connectivity index (χ4n) is 3.43. The van der Waals surface area contributed by atoms with Crippen molar-refractivity contribution in [1.29, 1.82) is 0 Å². The van der Waals surface area contributed by atoms with Gasteiger partial charge in [0.25, 0.3) is 0 Å². The van der Waals surface area contributed by atoms with Gasteiger partial charge in [-0.1, -0.05) is 5.16 Å². The summed E-state index contributed by atoms with van der Waals surface area (Å²) in [5, 5.41) is 7.31. The van der Waals surface area contributed by atoms with Crippen molar-refractivity contribution in [1.82, 2.24) is 15.4 Å². The van der Waals surface area contributed by atoms with E-state index in [2.05, 4.69) is 17.4 Å². The van der Waals surface area contributed by atoms with Crippen molar-refractivity contribution in [3.63, 3.8) is 0 Å². The van der Waals surface area contributed by atoms with Crippen molar-refractivity contribution in [3.05, 3.63) is 17.5 Å². The molecule has 0 aliphatic carbocycles. The molecule has 0 bridgehead atoms. The third kappa shape index (κ3) is 2.35. The Labute approximate surface area is 119 Å². The number of carbonyl (C=O) groups is 1. The zero-order chi connectivity index (χ0) is 14.2. The van der Waals surface area contributed by atoms with Crippen LogP contribution in [0.1, 0.15) is 50.1 Å². The number of hydrogen-bond acceptors (Lipinski definition) is 4. The molecule has 0 radical (unpaired) electrons. The fourth-order valence-corrected chi connectivity index (χ4v) is 3.43. The zero-order valence-corrected chi connectivity index (χ0v) is 12.3. The van der Waals surface area contributed by atoms with Gasteiger partial charge in [-0.2, -0.15) is 0 Å². The first-order valence-electron chi connectivity index (χ1n) is 7.55. The molecule has 0 aromatic carbocycles. The van der Waals surface area contributed by atoms with Gasteiger partial charge in [0.15, 0.2) is 5.76 Å². The van der Waals surface area contributed by atoms with E-state index in [4.69, 9.17) is 4.52 Å². The van der Waals surface area contributed by atoms with E-state index in [9.17, 15) is 4.79 Å². The minimum Gasteiger partial charge on any atom is -0.359 e. The molecule has 2 atom stereocenters. The highest BCUT2D eigenvalue weighted by Gasteiger charge is 2.42. The van der Waals surface area contributed by atoms with Crippen LogP contribution in [0.2, 0.25) is 0 Å². The Kier molecular flexibility index (Phi) is 3.54. The molecule has 1 aromatic heterocycles. The van der Waals surface area contributed by atoms with Gasteiger partial charge in [-0.25, -0.2) is 0 Å². The van der Waals surface area contributed by atoms with E-state index in [-0.39, 0.29) is 17.4 Å². The minimum atomic E-state index is -0.268. The highest BCUT2D eigenvalue weighted by atomic mass is 16.5. The van der Waals surface area contributed by atoms with Gasteiger partial charge < -0.3 is 14.7 Å². The second kappa shape index (κ2) is 5.20. The topological polar surface area (TPSA) is 58.4 Å². The van der Waals surface area contributed by atoms with Crippen molar-refractivity contribution in [2.24, 2.45) is 5.41 Å². The van der Waals surface area contributed by atoms with Crippen molar-refractivity contribution >= 4 is 5.91 Å². The molecule has 20 heavy (non-hydrogen) atoms. The predicted octanol–water partition coefficient (Wildman–Crippen LogP) is 2.04. The van der Waals surface area contributed by atoms with Gasteiger partial charge >= 0.3 is 0 Å². The maximum Gasteiger partial charge on any atom is 0.230 e. The molecule has 5 heteroatoms. The van der Waals surface area contributed by atoms with Crippen LogP contribution in [0.4, 0.5) is 0 Å². The van der Waals surface area contributed by atoms with Crippen molar-refractivity contribution in [3.8, 4) is 0 Å². The summed E-state index contributed by atoms with van der Waals surface area (Å²) in [5.41, 5.74) is 0.612. The van der Waals surface area contributed by atoms with Crippen LogP contribution in [0.3, 0.4) is 0 Å². The molecule has 5 nitrogen and oxygen atoms in total. The number of carbonyl (C=O) groups excluding carboxylic acids is 1. The highest BCUT2D eigenvalue weighted by molar-refractivity contribution is 5.83. The molecular weight excluding hydrogens is 254 g/mol. The summed E-state index contributed by atoms with van der Waals surface area (Å²) in [6.07, 6.45) is 4.06. The van der Waals surface area contributed by atoms with Crippen LogP contribution in [-0.2, 0) is 4.79 Å². The summed E-state index contributed by atoms with van der Waals surface area (Å²) < 4.78 is 5.39. The van der Waals surface area contributed by atoms with Gasteiger partial charge in [-0.15, -0.1) is 0 Å². The number of amides is 1. The number of likely N-dealkylation sites (tertiary alicyclic amines) is 1. The maximum atomic E-state index is 12.9. The molecule has 1 amide bonds. The first-order valence-corrected chi connectivity index (χ1v) is 7.55. The fraction of sp³-hybridized carbons (Fsp3) is 0.733. The summed E-state index contributed by atoms with van der Waals surface area (Å²) in [4.78, 5) is 14.9. The molecule has 1 aromatic rings. The smallest absolute Gasteiger partial charge is 0.230 e. The lowest BCUT2D eigenvalue weighted by molar-refractivity contribution is -0.143. The predicted molar refractivity (Wildman–Crippen MR) is 75.1 cm³/mol. The number of piperidine rings is 1. The van der Waals surface area contributed by atoms with Crippen LogP contribution in [0.25, 0.3) is 0 Å². The van der Waals surface area contributed by atoms with E-state index in [1.807, 2.05) is 17.9 Å². The monoisotopic (exact) mass is 277 g/mol. The van der Waals surface area contributed by atoms with Crippen molar-refractivity contribution < 1.29 is 9.32 Å². The quantitative estimate of drug-likeness (QED) is 0.898. The lowest BCUT2D eigenvalue weighted by Crippen LogP contribution is -2.50. The zero-order valence-electron chi connectivity index (χ0n) is 12.3. The Morgan fingerprint density at radius 1 is 1.55 bits per heavy atom. The lowest BCUT2D eigenvalue weighted by Gasteiger charge is -2.37. The lowest BCUT2D eigenvalue weighted by atomic mass is 9.81. The summed E-state index contributed by atoms with van der Waals surface area (Å²) in [6.45, 7) is 6.64. The summed E-state index contributed by atoms with van der Waals surface area (Å²) in [7, 11) is 0. The Morgan fingerprint density at radius 2 is 2.40 bits per heavy atom. The molecular formula is C15H23N3O2. The van der Waals surface area contributed by atoms with Gasteiger partial charge in [-0.05, 0) is 46.1 Å². The molecule has 2 fully saturated rings. The van der Waals surface area contributed by atoms with Crippen LogP contribution < -0.4 is 5.32 Å². The molecule has 0 saturated carbocycles. The summed E-state index contributed by atoms with van der Waals surface area (Å²) in [6, 6.07) is 2.03. The van der Waals surface area contributed by atoms with Gasteiger partial charge in [-0.3, -0.25) is 4.79 Å². The number of aromatic nitrogens is 1. The largest absolute Gasteiger partial charge is 0.359 e. The maximum absolute atomic E-state index is 12.9. The second-order valence-electron chi connectivity index (χ2n) is 6.37. The minimum absolute atomic E-state index is 0.0717. The molecule has 1 N–H and O–H groups in total. The molecule has 2 aliphatic heterocycles. The van der Waals surface area contributed by atoms with Crippen LogP contribution in [0.5, 0.6) is 0 Å². The first-order chi connectivity index (χ1) is 9.60. The van der Waals surface area contributed by atoms with E-state index >= 15 is 0 Å². The van der Waals surface area contributed by atoms with E-state index in [1.165, 1.54) is 0 Å². The average Bonchev–Trinajstić information content (AvgIpc) is 3.07. The normalized spacial score (nSPS) is 30.7.